The molecule has 2 aliphatic carbocycles. The Balaban J connectivity index is 1.39. The van der Waals surface area contributed by atoms with Gasteiger partial charge in [0.05, 0.1) is 31.3 Å². The van der Waals surface area contributed by atoms with Gasteiger partial charge in [-0.25, -0.2) is 43.3 Å². The Morgan fingerprint density at radius 1 is 1.05 bits per heavy atom. The molecule has 40 heavy (non-hydrogen) atoms. The first-order valence-electron chi connectivity index (χ1n) is 13.3. The normalized spacial score (nSPS) is 16.2. The Bertz CT molecular complexity index is 1750. The number of aromatic nitrogens is 8. The molecule has 13 nitrogen and oxygen atoms in total. The molecule has 0 aliphatic heterocycles. The van der Waals surface area contributed by atoms with Gasteiger partial charge in [0, 0.05) is 24.4 Å². The minimum absolute atomic E-state index is 0.0383. The van der Waals surface area contributed by atoms with E-state index >= 15 is 0 Å². The Morgan fingerprint density at radius 3 is 2.45 bits per heavy atom. The van der Waals surface area contributed by atoms with Crippen LogP contribution in [0.5, 0.6) is 5.88 Å². The number of ether oxygens (including phenoxy) is 1. The van der Waals surface area contributed by atoms with Gasteiger partial charge in [0.25, 0.3) is 5.56 Å². The van der Waals surface area contributed by atoms with Gasteiger partial charge in [-0.15, -0.1) is 0 Å². The molecule has 0 amide bonds. The molecule has 2 fully saturated rings. The second-order valence-corrected chi connectivity index (χ2v) is 12.4. The summed E-state index contributed by atoms with van der Waals surface area (Å²) in [6.45, 7) is 3.66. The summed E-state index contributed by atoms with van der Waals surface area (Å²) in [4.78, 5) is 44.9. The van der Waals surface area contributed by atoms with Crippen molar-refractivity contribution < 1.29 is 13.2 Å². The van der Waals surface area contributed by atoms with Gasteiger partial charge in [-0.2, -0.15) is 0 Å². The molecular weight excluding hydrogens is 534 g/mol. The average Bonchev–Trinajstić information content (AvgIpc) is 3.89. The topological polar surface area (TPSA) is 168 Å². The fourth-order valence-electron chi connectivity index (χ4n) is 4.74. The van der Waals surface area contributed by atoms with Crippen LogP contribution < -0.4 is 15.6 Å². The lowest BCUT2D eigenvalue weighted by Crippen LogP contribution is -2.29. The second kappa shape index (κ2) is 10.2. The monoisotopic (exact) mass is 563 g/mol. The lowest BCUT2D eigenvalue weighted by molar-refractivity contribution is 0.397. The zero-order chi connectivity index (χ0) is 28.0. The van der Waals surface area contributed by atoms with Crippen LogP contribution in [-0.2, 0) is 16.4 Å². The number of methoxy groups -OCH3 is 1. The maximum absolute atomic E-state index is 13.8. The van der Waals surface area contributed by atoms with E-state index < -0.39 is 9.84 Å². The zero-order valence-electron chi connectivity index (χ0n) is 22.4. The largest absolute Gasteiger partial charge is 0.480 e. The standard InChI is InChI=1S/C26H29N9O4S/c1-4-40(37,38)17-9-27-19(28-10-17)12-30-23-26(36)35(14(2)15-5-6-15)24-18(33-23)11-29-22(34-24)20-21(16-7-8-16)31-13-32-25(20)39-3/h9-11,13-16H,4-8,12H2,1-3H3,(H,30,33)/t14-/m1/s1. The lowest BCUT2D eigenvalue weighted by atomic mass is 10.1. The summed E-state index contributed by atoms with van der Waals surface area (Å²) in [5.41, 5.74) is 2.05. The van der Waals surface area contributed by atoms with Crippen molar-refractivity contribution >= 4 is 26.8 Å². The fraction of sp³-hybridized carbons (Fsp3) is 0.462. The van der Waals surface area contributed by atoms with Crippen LogP contribution in [0.4, 0.5) is 5.82 Å². The van der Waals surface area contributed by atoms with Gasteiger partial charge in [0.15, 0.2) is 27.1 Å². The smallest absolute Gasteiger partial charge is 0.295 e. The average molecular weight is 564 g/mol. The molecule has 0 aromatic carbocycles. The predicted molar refractivity (Wildman–Crippen MR) is 146 cm³/mol. The van der Waals surface area contributed by atoms with Gasteiger partial charge in [-0.05, 0) is 38.5 Å². The highest BCUT2D eigenvalue weighted by atomic mass is 32.2. The number of rotatable bonds is 10. The van der Waals surface area contributed by atoms with E-state index in [1.54, 1.807) is 24.8 Å². The summed E-state index contributed by atoms with van der Waals surface area (Å²) in [5, 5.41) is 3.03. The SMILES string of the molecule is CCS(=O)(=O)c1cnc(CNc2nc3cnc(-c4c(OC)ncnc4C4CC4)nc3n([C@H](C)C3CC3)c2=O)nc1. The number of hydrogen-bond donors (Lipinski definition) is 1. The van der Waals surface area contributed by atoms with Gasteiger partial charge < -0.3 is 10.1 Å². The number of nitrogens with zero attached hydrogens (tertiary/aromatic N) is 8. The Hall–Kier alpha value is -4.07. The number of fused-ring (bicyclic) bond motifs is 1. The summed E-state index contributed by atoms with van der Waals surface area (Å²) in [6, 6.07) is -0.104. The summed E-state index contributed by atoms with van der Waals surface area (Å²) in [6.07, 6.45) is 9.76. The van der Waals surface area contributed by atoms with Gasteiger partial charge >= 0.3 is 0 Å². The molecule has 1 N–H and O–H groups in total. The van der Waals surface area contributed by atoms with Crippen molar-refractivity contribution in [3.05, 3.63) is 46.8 Å². The Morgan fingerprint density at radius 2 is 1.80 bits per heavy atom. The van der Waals surface area contributed by atoms with Crippen molar-refractivity contribution in [3.8, 4) is 17.3 Å². The molecule has 2 aliphatic rings. The lowest BCUT2D eigenvalue weighted by Gasteiger charge is -2.19. The van der Waals surface area contributed by atoms with E-state index in [4.69, 9.17) is 9.72 Å². The third-order valence-corrected chi connectivity index (χ3v) is 9.09. The number of nitrogens with one attached hydrogen (secondary N) is 1. The van der Waals surface area contributed by atoms with E-state index in [2.05, 4.69) is 35.2 Å². The molecule has 4 aromatic rings. The van der Waals surface area contributed by atoms with Crippen LogP contribution in [0, 0.1) is 5.92 Å². The van der Waals surface area contributed by atoms with Crippen LogP contribution >= 0.6 is 0 Å². The predicted octanol–water partition coefficient (Wildman–Crippen LogP) is 2.70. The molecule has 208 valence electrons. The Labute approximate surface area is 230 Å². The van der Waals surface area contributed by atoms with Crippen molar-refractivity contribution in [2.45, 2.75) is 62.9 Å². The van der Waals surface area contributed by atoms with E-state index in [0.717, 1.165) is 31.4 Å². The van der Waals surface area contributed by atoms with Crippen LogP contribution in [0.1, 0.15) is 63.0 Å². The molecule has 0 bridgehead atoms. The molecular formula is C26H29N9O4S. The molecule has 4 aromatic heterocycles. The van der Waals surface area contributed by atoms with Crippen LogP contribution in [0.2, 0.25) is 0 Å². The van der Waals surface area contributed by atoms with Crippen LogP contribution in [0.25, 0.3) is 22.6 Å². The first kappa shape index (κ1) is 26.2. The minimum atomic E-state index is -3.40. The van der Waals surface area contributed by atoms with Crippen LogP contribution in [0.3, 0.4) is 0 Å². The summed E-state index contributed by atoms with van der Waals surface area (Å²) in [5.74, 6) is 1.86. The van der Waals surface area contributed by atoms with Gasteiger partial charge in [-0.3, -0.25) is 9.36 Å². The van der Waals surface area contributed by atoms with Crippen molar-refractivity contribution in [2.75, 3.05) is 18.2 Å². The quantitative estimate of drug-likeness (QED) is 0.300. The maximum Gasteiger partial charge on any atom is 0.295 e. The summed E-state index contributed by atoms with van der Waals surface area (Å²) < 4.78 is 31.3. The molecule has 0 unspecified atom stereocenters. The van der Waals surface area contributed by atoms with Crippen molar-refractivity contribution in [1.29, 1.82) is 0 Å². The summed E-state index contributed by atoms with van der Waals surface area (Å²) >= 11 is 0. The summed E-state index contributed by atoms with van der Waals surface area (Å²) in [7, 11) is -1.85. The van der Waals surface area contributed by atoms with Crippen molar-refractivity contribution in [3.63, 3.8) is 0 Å². The van der Waals surface area contributed by atoms with E-state index in [1.807, 2.05) is 6.92 Å². The van der Waals surface area contributed by atoms with Crippen LogP contribution in [0.15, 0.2) is 34.6 Å². The highest BCUT2D eigenvalue weighted by molar-refractivity contribution is 7.91. The third-order valence-electron chi connectivity index (χ3n) is 7.40. The van der Waals surface area contributed by atoms with Gasteiger partial charge in [0.2, 0.25) is 5.88 Å². The third kappa shape index (κ3) is 4.87. The number of sulfone groups is 1. The molecule has 2 saturated carbocycles. The molecule has 0 radical (unpaired) electrons. The Kier molecular flexibility index (Phi) is 6.64. The molecule has 0 spiro atoms. The number of hydrogen-bond acceptors (Lipinski definition) is 12. The fourth-order valence-corrected chi connectivity index (χ4v) is 5.50. The molecule has 0 saturated heterocycles. The molecule has 6 rings (SSSR count). The van der Waals surface area contributed by atoms with E-state index in [0.29, 0.717) is 46.1 Å². The zero-order valence-corrected chi connectivity index (χ0v) is 23.2. The van der Waals surface area contributed by atoms with E-state index in [9.17, 15) is 13.2 Å². The van der Waals surface area contributed by atoms with Gasteiger partial charge in [0.1, 0.15) is 28.1 Å². The molecule has 14 heteroatoms. The highest BCUT2D eigenvalue weighted by Gasteiger charge is 2.34. The first-order chi connectivity index (χ1) is 19.3. The highest BCUT2D eigenvalue weighted by Crippen LogP contribution is 2.45. The van der Waals surface area contributed by atoms with Crippen LogP contribution in [-0.4, -0.2) is 60.7 Å². The number of anilines is 1. The molecule has 1 atom stereocenters. The van der Waals surface area contributed by atoms with Crippen molar-refractivity contribution in [1.82, 2.24) is 39.5 Å². The van der Waals surface area contributed by atoms with E-state index in [1.165, 1.54) is 18.7 Å². The van der Waals surface area contributed by atoms with E-state index in [-0.39, 0.29) is 34.6 Å². The van der Waals surface area contributed by atoms with Gasteiger partial charge in [-0.1, -0.05) is 6.92 Å². The second-order valence-electron chi connectivity index (χ2n) is 10.1. The van der Waals surface area contributed by atoms with Crippen molar-refractivity contribution in [2.24, 2.45) is 5.92 Å². The minimum Gasteiger partial charge on any atom is -0.480 e. The maximum atomic E-state index is 13.8. The first-order valence-corrected chi connectivity index (χ1v) is 14.9. The molecule has 4 heterocycles.